The summed E-state index contributed by atoms with van der Waals surface area (Å²) >= 11 is 0. The summed E-state index contributed by atoms with van der Waals surface area (Å²) in [4.78, 5) is 11.3. The summed E-state index contributed by atoms with van der Waals surface area (Å²) in [6.45, 7) is 2.28. The lowest BCUT2D eigenvalue weighted by atomic mass is 9.96. The molecule has 0 bridgehead atoms. The van der Waals surface area contributed by atoms with Gasteiger partial charge in [-0.2, -0.15) is 0 Å². The van der Waals surface area contributed by atoms with E-state index in [0.717, 1.165) is 19.3 Å². The lowest BCUT2D eigenvalue weighted by Crippen LogP contribution is -2.11. The normalized spacial score (nSPS) is 12.3. The largest absolute Gasteiger partial charge is 0.466 e. The molecular weight excluding hydrogens is 262 g/mol. The van der Waals surface area contributed by atoms with E-state index in [2.05, 4.69) is 30.3 Å². The average molecular weight is 285 g/mol. The summed E-state index contributed by atoms with van der Waals surface area (Å²) in [7, 11) is 0. The number of unbranched alkanes of at least 4 members (excludes halogenated alkanes) is 1. The number of carbonyl (C=O) groups excluding carboxylic acids is 1. The molecule has 112 valence electrons. The Bertz CT molecular complexity index is 589. The van der Waals surface area contributed by atoms with Crippen molar-refractivity contribution in [3.05, 3.63) is 48.0 Å². The van der Waals surface area contributed by atoms with E-state index in [0.29, 0.717) is 13.0 Å². The Balaban J connectivity index is 1.90. The SMILES string of the molecule is CCOC(=O)CCCCC(N)c1cccc2ccccc12. The van der Waals surface area contributed by atoms with Gasteiger partial charge in [-0.05, 0) is 36.1 Å². The van der Waals surface area contributed by atoms with E-state index >= 15 is 0 Å². The second-order valence-electron chi connectivity index (χ2n) is 5.23. The van der Waals surface area contributed by atoms with Crippen molar-refractivity contribution < 1.29 is 9.53 Å². The quantitative estimate of drug-likeness (QED) is 0.618. The number of benzene rings is 2. The number of esters is 1. The van der Waals surface area contributed by atoms with Gasteiger partial charge in [-0.25, -0.2) is 0 Å². The molecule has 0 aliphatic carbocycles. The maximum absolute atomic E-state index is 11.3. The zero-order chi connectivity index (χ0) is 15.1. The van der Waals surface area contributed by atoms with Gasteiger partial charge in [-0.3, -0.25) is 4.79 Å². The van der Waals surface area contributed by atoms with Crippen molar-refractivity contribution in [2.24, 2.45) is 5.73 Å². The van der Waals surface area contributed by atoms with Gasteiger partial charge in [0.15, 0.2) is 0 Å². The zero-order valence-electron chi connectivity index (χ0n) is 12.5. The molecule has 0 saturated heterocycles. The fourth-order valence-electron chi connectivity index (χ4n) is 2.60. The fourth-order valence-corrected chi connectivity index (χ4v) is 2.60. The first-order valence-electron chi connectivity index (χ1n) is 7.61. The minimum absolute atomic E-state index is 0.0123. The molecule has 2 rings (SSSR count). The van der Waals surface area contributed by atoms with Crippen LogP contribution < -0.4 is 5.73 Å². The molecule has 1 atom stereocenters. The summed E-state index contributed by atoms with van der Waals surface area (Å²) in [6.07, 6.45) is 3.13. The number of ether oxygens (including phenoxy) is 1. The molecule has 0 aliphatic rings. The van der Waals surface area contributed by atoms with E-state index in [-0.39, 0.29) is 12.0 Å². The minimum Gasteiger partial charge on any atom is -0.466 e. The molecule has 0 aliphatic heterocycles. The van der Waals surface area contributed by atoms with Crippen molar-refractivity contribution in [1.29, 1.82) is 0 Å². The Morgan fingerprint density at radius 2 is 1.90 bits per heavy atom. The first-order valence-corrected chi connectivity index (χ1v) is 7.61. The summed E-state index contributed by atoms with van der Waals surface area (Å²) < 4.78 is 4.92. The predicted octanol–water partition coefficient (Wildman–Crippen LogP) is 3.96. The molecule has 0 fully saturated rings. The van der Waals surface area contributed by atoms with E-state index in [9.17, 15) is 4.79 Å². The zero-order valence-corrected chi connectivity index (χ0v) is 12.5. The van der Waals surface area contributed by atoms with Crippen molar-refractivity contribution in [2.75, 3.05) is 6.61 Å². The van der Waals surface area contributed by atoms with Gasteiger partial charge in [-0.1, -0.05) is 48.9 Å². The van der Waals surface area contributed by atoms with Crippen LogP contribution in [0.3, 0.4) is 0 Å². The summed E-state index contributed by atoms with van der Waals surface area (Å²) in [5, 5.41) is 2.44. The fraction of sp³-hybridized carbons (Fsp3) is 0.389. The lowest BCUT2D eigenvalue weighted by Gasteiger charge is -2.14. The van der Waals surface area contributed by atoms with Crippen LogP contribution >= 0.6 is 0 Å². The van der Waals surface area contributed by atoms with Crippen LogP contribution in [-0.4, -0.2) is 12.6 Å². The Labute approximate surface area is 126 Å². The van der Waals surface area contributed by atoms with Crippen molar-refractivity contribution in [1.82, 2.24) is 0 Å². The van der Waals surface area contributed by atoms with E-state index < -0.39 is 0 Å². The van der Waals surface area contributed by atoms with Crippen LogP contribution in [0.15, 0.2) is 42.5 Å². The Kier molecular flexibility index (Phi) is 5.76. The van der Waals surface area contributed by atoms with Crippen molar-refractivity contribution in [2.45, 2.75) is 38.6 Å². The van der Waals surface area contributed by atoms with Crippen molar-refractivity contribution in [3.63, 3.8) is 0 Å². The van der Waals surface area contributed by atoms with Crippen LogP contribution in [0.1, 0.15) is 44.2 Å². The molecule has 0 spiro atoms. The molecule has 0 heterocycles. The van der Waals surface area contributed by atoms with Crippen molar-refractivity contribution >= 4 is 16.7 Å². The highest BCUT2D eigenvalue weighted by molar-refractivity contribution is 5.86. The smallest absolute Gasteiger partial charge is 0.305 e. The lowest BCUT2D eigenvalue weighted by molar-refractivity contribution is -0.143. The Morgan fingerprint density at radius 1 is 1.14 bits per heavy atom. The maximum atomic E-state index is 11.3. The summed E-state index contributed by atoms with van der Waals surface area (Å²) in [5.74, 6) is -0.115. The molecule has 1 unspecified atom stereocenters. The monoisotopic (exact) mass is 285 g/mol. The standard InChI is InChI=1S/C18H23NO2/c1-2-21-18(20)13-6-5-12-17(19)16-11-7-9-14-8-3-4-10-15(14)16/h3-4,7-11,17H,2,5-6,12-13,19H2,1H3. The number of hydrogen-bond acceptors (Lipinski definition) is 3. The first kappa shape index (κ1) is 15.5. The Hall–Kier alpha value is -1.87. The molecule has 3 nitrogen and oxygen atoms in total. The van der Waals surface area contributed by atoms with Gasteiger partial charge in [0.25, 0.3) is 0 Å². The third-order valence-corrected chi connectivity index (χ3v) is 3.67. The number of carbonyl (C=O) groups is 1. The van der Waals surface area contributed by atoms with Gasteiger partial charge in [0.1, 0.15) is 0 Å². The van der Waals surface area contributed by atoms with Crippen LogP contribution in [0.25, 0.3) is 10.8 Å². The minimum atomic E-state index is -0.115. The molecule has 0 radical (unpaired) electrons. The highest BCUT2D eigenvalue weighted by atomic mass is 16.5. The molecule has 2 aromatic rings. The van der Waals surface area contributed by atoms with E-state index in [1.54, 1.807) is 0 Å². The maximum Gasteiger partial charge on any atom is 0.305 e. The van der Waals surface area contributed by atoms with Crippen molar-refractivity contribution in [3.8, 4) is 0 Å². The van der Waals surface area contributed by atoms with E-state index in [1.807, 2.05) is 19.1 Å². The molecule has 2 N–H and O–H groups in total. The molecule has 3 heteroatoms. The van der Waals surface area contributed by atoms with Gasteiger partial charge < -0.3 is 10.5 Å². The summed E-state index contributed by atoms with van der Waals surface area (Å²) in [6, 6.07) is 14.6. The Morgan fingerprint density at radius 3 is 2.71 bits per heavy atom. The molecule has 0 saturated carbocycles. The van der Waals surface area contributed by atoms with Crippen LogP contribution in [0.4, 0.5) is 0 Å². The van der Waals surface area contributed by atoms with Crippen LogP contribution in [0, 0.1) is 0 Å². The summed E-state index contributed by atoms with van der Waals surface area (Å²) in [5.41, 5.74) is 7.50. The van der Waals surface area contributed by atoms with Crippen LogP contribution in [-0.2, 0) is 9.53 Å². The highest BCUT2D eigenvalue weighted by Gasteiger charge is 2.10. The molecule has 21 heavy (non-hydrogen) atoms. The molecular formula is C18H23NO2. The van der Waals surface area contributed by atoms with Crippen LogP contribution in [0.5, 0.6) is 0 Å². The molecule has 2 aromatic carbocycles. The number of rotatable bonds is 7. The van der Waals surface area contributed by atoms with Gasteiger partial charge in [0, 0.05) is 12.5 Å². The van der Waals surface area contributed by atoms with Gasteiger partial charge >= 0.3 is 5.97 Å². The van der Waals surface area contributed by atoms with E-state index in [4.69, 9.17) is 10.5 Å². The number of hydrogen-bond donors (Lipinski definition) is 1. The average Bonchev–Trinajstić information content (AvgIpc) is 2.51. The third kappa shape index (κ3) is 4.30. The second-order valence-corrected chi connectivity index (χ2v) is 5.23. The third-order valence-electron chi connectivity index (χ3n) is 3.67. The van der Waals surface area contributed by atoms with Gasteiger partial charge in [0.2, 0.25) is 0 Å². The number of nitrogens with two attached hydrogens (primary N) is 1. The number of fused-ring (bicyclic) bond motifs is 1. The second kappa shape index (κ2) is 7.79. The van der Waals surface area contributed by atoms with Gasteiger partial charge in [-0.15, -0.1) is 0 Å². The first-order chi connectivity index (χ1) is 10.2. The molecule has 0 aromatic heterocycles. The van der Waals surface area contributed by atoms with Gasteiger partial charge in [0.05, 0.1) is 6.61 Å². The predicted molar refractivity (Wildman–Crippen MR) is 86.0 cm³/mol. The highest BCUT2D eigenvalue weighted by Crippen LogP contribution is 2.26. The van der Waals surface area contributed by atoms with Crippen LogP contribution in [0.2, 0.25) is 0 Å². The van der Waals surface area contributed by atoms with E-state index in [1.165, 1.54) is 16.3 Å². The molecule has 0 amide bonds. The topological polar surface area (TPSA) is 52.3 Å².